The molecule has 0 amide bonds. The highest BCUT2D eigenvalue weighted by Gasteiger charge is 2.13. The fourth-order valence-corrected chi connectivity index (χ4v) is 3.24. The molecular weight excluding hydrogens is 388 g/mol. The fourth-order valence-electron chi connectivity index (χ4n) is 1.50. The molecule has 1 unspecified atom stereocenters. The second-order valence-electron chi connectivity index (χ2n) is 3.75. The Hall–Kier alpha value is -0.460. The van der Waals surface area contributed by atoms with Gasteiger partial charge in [0.25, 0.3) is 0 Å². The molecule has 0 radical (unpaired) electrons. The number of anilines is 1. The maximum absolute atomic E-state index is 13.6. The molecule has 2 rings (SSSR count). The molecule has 1 aromatic heterocycles. The van der Waals surface area contributed by atoms with E-state index in [4.69, 9.17) is 0 Å². The lowest BCUT2D eigenvalue weighted by Crippen LogP contribution is -2.06. The summed E-state index contributed by atoms with van der Waals surface area (Å²) in [5.74, 6) is -0.968. The highest BCUT2D eigenvalue weighted by Crippen LogP contribution is 2.31. The van der Waals surface area contributed by atoms with Crippen molar-refractivity contribution in [2.45, 2.75) is 13.0 Å². The summed E-state index contributed by atoms with van der Waals surface area (Å²) < 4.78 is 28.1. The minimum Gasteiger partial charge on any atom is -0.375 e. The van der Waals surface area contributed by atoms with E-state index in [1.54, 1.807) is 11.3 Å². The van der Waals surface area contributed by atoms with E-state index >= 15 is 0 Å². The van der Waals surface area contributed by atoms with Gasteiger partial charge in [-0.2, -0.15) is 0 Å². The van der Waals surface area contributed by atoms with E-state index in [0.29, 0.717) is 0 Å². The van der Waals surface area contributed by atoms with Gasteiger partial charge in [0.1, 0.15) is 11.6 Å². The molecule has 18 heavy (non-hydrogen) atoms. The van der Waals surface area contributed by atoms with Gasteiger partial charge in [-0.25, -0.2) is 8.78 Å². The molecule has 0 bridgehead atoms. The summed E-state index contributed by atoms with van der Waals surface area (Å²) in [5.41, 5.74) is 0.160. The van der Waals surface area contributed by atoms with Crippen LogP contribution in [0.4, 0.5) is 14.5 Å². The molecule has 2 aromatic rings. The van der Waals surface area contributed by atoms with Crippen LogP contribution in [0, 0.1) is 11.6 Å². The van der Waals surface area contributed by atoms with Crippen LogP contribution in [0.3, 0.4) is 0 Å². The van der Waals surface area contributed by atoms with Crippen LogP contribution in [0.1, 0.15) is 17.8 Å². The molecule has 0 spiro atoms. The minimum atomic E-state index is -0.488. The topological polar surface area (TPSA) is 12.0 Å². The van der Waals surface area contributed by atoms with Crippen LogP contribution in [0.25, 0.3) is 0 Å². The number of halogens is 4. The summed E-state index contributed by atoms with van der Waals surface area (Å²) in [5, 5.41) is 2.96. The fraction of sp³-hybridized carbons (Fsp3) is 0.167. The second kappa shape index (κ2) is 5.67. The first-order valence-electron chi connectivity index (χ1n) is 5.13. The minimum absolute atomic E-state index is 0.0867. The summed E-state index contributed by atoms with van der Waals surface area (Å²) in [7, 11) is 0. The number of hydrogen-bond donors (Lipinski definition) is 1. The third-order valence-electron chi connectivity index (χ3n) is 2.40. The van der Waals surface area contributed by atoms with E-state index in [2.05, 4.69) is 37.2 Å². The Morgan fingerprint density at radius 2 is 1.89 bits per heavy atom. The molecule has 6 heteroatoms. The Kier molecular flexibility index (Phi) is 4.40. The molecule has 0 aliphatic carbocycles. The normalized spacial score (nSPS) is 12.5. The molecule has 1 atom stereocenters. The van der Waals surface area contributed by atoms with Crippen molar-refractivity contribution >= 4 is 48.9 Å². The van der Waals surface area contributed by atoms with Gasteiger partial charge >= 0.3 is 0 Å². The van der Waals surface area contributed by atoms with Crippen molar-refractivity contribution in [3.05, 3.63) is 49.0 Å². The van der Waals surface area contributed by atoms with Crippen molar-refractivity contribution in [3.8, 4) is 0 Å². The van der Waals surface area contributed by atoms with Gasteiger partial charge in [-0.3, -0.25) is 0 Å². The van der Waals surface area contributed by atoms with Crippen molar-refractivity contribution in [1.29, 1.82) is 0 Å². The average molecular weight is 397 g/mol. The van der Waals surface area contributed by atoms with E-state index in [0.717, 1.165) is 20.8 Å². The lowest BCUT2D eigenvalue weighted by Gasteiger charge is -2.14. The Balaban J connectivity index is 2.21. The van der Waals surface area contributed by atoms with Crippen LogP contribution in [0.15, 0.2) is 32.5 Å². The van der Waals surface area contributed by atoms with Crippen molar-refractivity contribution in [2.24, 2.45) is 0 Å². The first kappa shape index (κ1) is 14.0. The quantitative estimate of drug-likeness (QED) is 0.653. The first-order valence-corrected chi connectivity index (χ1v) is 7.54. The highest BCUT2D eigenvalue weighted by molar-refractivity contribution is 9.11. The zero-order valence-electron chi connectivity index (χ0n) is 9.31. The zero-order chi connectivity index (χ0) is 13.3. The van der Waals surface area contributed by atoms with Crippen LogP contribution in [0.5, 0.6) is 0 Å². The van der Waals surface area contributed by atoms with Crippen LogP contribution in [-0.4, -0.2) is 0 Å². The summed E-state index contributed by atoms with van der Waals surface area (Å²) in [6.45, 7) is 1.90. The molecule has 0 saturated heterocycles. The smallest absolute Gasteiger partial charge is 0.147 e. The van der Waals surface area contributed by atoms with Crippen LogP contribution >= 0.6 is 43.2 Å². The van der Waals surface area contributed by atoms with Crippen molar-refractivity contribution < 1.29 is 8.78 Å². The Morgan fingerprint density at radius 1 is 1.17 bits per heavy atom. The van der Waals surface area contributed by atoms with Crippen LogP contribution in [-0.2, 0) is 0 Å². The van der Waals surface area contributed by atoms with Gasteiger partial charge in [0.2, 0.25) is 0 Å². The van der Waals surface area contributed by atoms with E-state index in [1.165, 1.54) is 0 Å². The summed E-state index contributed by atoms with van der Waals surface area (Å²) in [6, 6.07) is 6.06. The monoisotopic (exact) mass is 395 g/mol. The molecule has 96 valence electrons. The summed E-state index contributed by atoms with van der Waals surface area (Å²) >= 11 is 7.88. The largest absolute Gasteiger partial charge is 0.375 e. The van der Waals surface area contributed by atoms with Crippen LogP contribution < -0.4 is 5.32 Å². The number of rotatable bonds is 3. The molecule has 1 N–H and O–H groups in total. The summed E-state index contributed by atoms with van der Waals surface area (Å²) in [6.07, 6.45) is 0. The SMILES string of the molecule is CC(Nc1cc(F)c(Br)cc1F)c1ccc(Br)s1. The summed E-state index contributed by atoms with van der Waals surface area (Å²) in [4.78, 5) is 1.05. The van der Waals surface area contributed by atoms with Gasteiger partial charge in [-0.1, -0.05) is 0 Å². The van der Waals surface area contributed by atoms with Gasteiger partial charge in [-0.05, 0) is 57.0 Å². The van der Waals surface area contributed by atoms with E-state index in [1.807, 2.05) is 19.1 Å². The predicted molar refractivity (Wildman–Crippen MR) is 78.1 cm³/mol. The van der Waals surface area contributed by atoms with Crippen molar-refractivity contribution in [3.63, 3.8) is 0 Å². The molecule has 0 aliphatic rings. The molecule has 1 aromatic carbocycles. The average Bonchev–Trinajstić information content (AvgIpc) is 2.73. The molecular formula is C12H9Br2F2NS. The van der Waals surface area contributed by atoms with E-state index in [-0.39, 0.29) is 16.2 Å². The number of hydrogen-bond acceptors (Lipinski definition) is 2. The van der Waals surface area contributed by atoms with Gasteiger partial charge in [-0.15, -0.1) is 11.3 Å². The lowest BCUT2D eigenvalue weighted by atomic mass is 10.2. The van der Waals surface area contributed by atoms with Gasteiger partial charge in [0, 0.05) is 10.9 Å². The molecule has 0 saturated carbocycles. The van der Waals surface area contributed by atoms with Crippen LogP contribution in [0.2, 0.25) is 0 Å². The number of thiophene rings is 1. The molecule has 0 aliphatic heterocycles. The number of nitrogens with one attached hydrogen (secondary N) is 1. The van der Waals surface area contributed by atoms with Gasteiger partial charge in [0.05, 0.1) is 20.0 Å². The standard InChI is InChI=1S/C12H9Br2F2NS/c1-6(11-2-3-12(14)18-11)17-10-5-8(15)7(13)4-9(10)16/h2-6,17H,1H3. The molecule has 0 fully saturated rings. The first-order chi connectivity index (χ1) is 8.47. The van der Waals surface area contributed by atoms with Gasteiger partial charge < -0.3 is 5.32 Å². The molecule has 1 nitrogen and oxygen atoms in total. The third kappa shape index (κ3) is 3.10. The Bertz CT molecular complexity index is 571. The van der Waals surface area contributed by atoms with Crippen molar-refractivity contribution in [1.82, 2.24) is 0 Å². The maximum Gasteiger partial charge on any atom is 0.147 e. The Labute approximate surface area is 124 Å². The molecule has 1 heterocycles. The van der Waals surface area contributed by atoms with Crippen molar-refractivity contribution in [2.75, 3.05) is 5.32 Å². The highest BCUT2D eigenvalue weighted by atomic mass is 79.9. The Morgan fingerprint density at radius 3 is 2.50 bits per heavy atom. The van der Waals surface area contributed by atoms with E-state index < -0.39 is 11.6 Å². The lowest BCUT2D eigenvalue weighted by molar-refractivity contribution is 0.595. The van der Waals surface area contributed by atoms with Gasteiger partial charge in [0.15, 0.2) is 0 Å². The third-order valence-corrected chi connectivity index (χ3v) is 4.82. The maximum atomic E-state index is 13.6. The second-order valence-corrected chi connectivity index (χ2v) is 7.10. The van der Waals surface area contributed by atoms with E-state index in [9.17, 15) is 8.78 Å². The number of benzene rings is 1. The predicted octanol–water partition coefficient (Wildman–Crippen LogP) is 5.72. The zero-order valence-corrected chi connectivity index (χ0v) is 13.3.